The smallest absolute Gasteiger partial charge is 0.264 e. The molecule has 2 aromatic carbocycles. The Morgan fingerprint density at radius 3 is 2.69 bits per heavy atom. The fraction of sp³-hybridized carbons (Fsp3) is 0.0556. The summed E-state index contributed by atoms with van der Waals surface area (Å²) >= 11 is 7.29. The Morgan fingerprint density at radius 1 is 1.15 bits per heavy atom. The molecule has 1 amide bonds. The van der Waals surface area contributed by atoms with E-state index in [-0.39, 0.29) is 12.5 Å². The fourth-order valence-corrected chi connectivity index (χ4v) is 3.35. The molecule has 1 N–H and O–H groups in total. The van der Waals surface area contributed by atoms with Crippen molar-refractivity contribution in [3.63, 3.8) is 0 Å². The van der Waals surface area contributed by atoms with Crippen molar-refractivity contribution in [1.29, 1.82) is 0 Å². The van der Waals surface area contributed by atoms with Crippen molar-refractivity contribution in [2.45, 2.75) is 0 Å². The van der Waals surface area contributed by atoms with Gasteiger partial charge in [0.2, 0.25) is 10.1 Å². The Kier molecular flexibility index (Phi) is 4.55. The van der Waals surface area contributed by atoms with E-state index >= 15 is 0 Å². The van der Waals surface area contributed by atoms with Gasteiger partial charge in [-0.05, 0) is 12.1 Å². The quantitative estimate of drug-likeness (QED) is 0.561. The number of rotatable bonds is 5. The molecule has 6 nitrogen and oxygen atoms in total. The number of nitrogens with zero attached hydrogens (tertiary/aromatic N) is 3. The minimum Gasteiger partial charge on any atom is -0.482 e. The fourth-order valence-electron chi connectivity index (χ4n) is 2.36. The number of aromatic nitrogens is 3. The van der Waals surface area contributed by atoms with Crippen LogP contribution in [0, 0.1) is 0 Å². The van der Waals surface area contributed by atoms with Crippen LogP contribution >= 0.6 is 22.9 Å². The molecule has 4 aromatic rings. The number of para-hydroxylation sites is 1. The third kappa shape index (κ3) is 3.54. The third-order valence-corrected chi connectivity index (χ3v) is 4.70. The highest BCUT2D eigenvalue weighted by atomic mass is 35.5. The van der Waals surface area contributed by atoms with E-state index in [0.717, 1.165) is 11.3 Å². The van der Waals surface area contributed by atoms with E-state index in [1.807, 2.05) is 36.5 Å². The van der Waals surface area contributed by atoms with Crippen LogP contribution < -0.4 is 10.1 Å². The number of hydrogen-bond acceptors (Lipinski definition) is 5. The Labute approximate surface area is 158 Å². The number of benzene rings is 2. The highest BCUT2D eigenvalue weighted by Gasteiger charge is 2.12. The molecule has 4 rings (SSSR count). The summed E-state index contributed by atoms with van der Waals surface area (Å²) < 4.78 is 7.06. The van der Waals surface area contributed by atoms with Crippen LogP contribution in [0.25, 0.3) is 16.2 Å². The Bertz CT molecular complexity index is 1030. The van der Waals surface area contributed by atoms with Gasteiger partial charge >= 0.3 is 0 Å². The largest absolute Gasteiger partial charge is 0.482 e. The van der Waals surface area contributed by atoms with E-state index in [1.54, 1.807) is 28.8 Å². The molecule has 2 heterocycles. The van der Waals surface area contributed by atoms with E-state index in [4.69, 9.17) is 16.3 Å². The standard InChI is InChI=1S/C18H13ClN4O2S/c19-13-8-4-5-9-15(13)25-11-16(24)21-17-22-23-10-14(20-18(23)26-17)12-6-2-1-3-7-12/h1-10H,11H2,(H,21,22,24). The average Bonchev–Trinajstić information content (AvgIpc) is 3.20. The van der Waals surface area contributed by atoms with Crippen molar-refractivity contribution in [2.24, 2.45) is 0 Å². The van der Waals surface area contributed by atoms with Crippen LogP contribution in [0.1, 0.15) is 0 Å². The van der Waals surface area contributed by atoms with Gasteiger partial charge in [-0.1, -0.05) is 65.4 Å². The maximum Gasteiger partial charge on any atom is 0.264 e. The summed E-state index contributed by atoms with van der Waals surface area (Å²) in [5, 5.41) is 7.95. The van der Waals surface area contributed by atoms with Gasteiger partial charge in [0.05, 0.1) is 16.9 Å². The molecule has 8 heteroatoms. The molecule has 0 spiro atoms. The second kappa shape index (κ2) is 7.15. The summed E-state index contributed by atoms with van der Waals surface area (Å²) in [5.74, 6) is 0.149. The van der Waals surface area contributed by atoms with E-state index in [1.165, 1.54) is 11.3 Å². The lowest BCUT2D eigenvalue weighted by molar-refractivity contribution is -0.118. The van der Waals surface area contributed by atoms with Gasteiger partial charge in [0.25, 0.3) is 5.91 Å². The first-order valence-electron chi connectivity index (χ1n) is 7.78. The van der Waals surface area contributed by atoms with Gasteiger partial charge in [-0.15, -0.1) is 5.10 Å². The number of amides is 1. The monoisotopic (exact) mass is 384 g/mol. The number of carbonyl (C=O) groups excluding carboxylic acids is 1. The first kappa shape index (κ1) is 16.6. The molecule has 2 aromatic heterocycles. The average molecular weight is 385 g/mol. The first-order chi connectivity index (χ1) is 12.7. The van der Waals surface area contributed by atoms with Crippen LogP contribution in [0.5, 0.6) is 5.75 Å². The van der Waals surface area contributed by atoms with E-state index < -0.39 is 0 Å². The zero-order valence-electron chi connectivity index (χ0n) is 13.4. The van der Waals surface area contributed by atoms with Gasteiger partial charge < -0.3 is 4.74 Å². The van der Waals surface area contributed by atoms with Crippen molar-refractivity contribution in [3.8, 4) is 17.0 Å². The summed E-state index contributed by atoms with van der Waals surface area (Å²) in [5.41, 5.74) is 1.85. The van der Waals surface area contributed by atoms with Crippen LogP contribution in [0.2, 0.25) is 5.02 Å². The van der Waals surface area contributed by atoms with Crippen molar-refractivity contribution >= 4 is 38.9 Å². The molecule has 0 radical (unpaired) electrons. The van der Waals surface area contributed by atoms with E-state index in [9.17, 15) is 4.79 Å². The number of nitrogens with one attached hydrogen (secondary N) is 1. The number of fused-ring (bicyclic) bond motifs is 1. The lowest BCUT2D eigenvalue weighted by atomic mass is 10.2. The lowest BCUT2D eigenvalue weighted by Crippen LogP contribution is -2.20. The minimum absolute atomic E-state index is 0.152. The summed E-state index contributed by atoms with van der Waals surface area (Å²) in [6, 6.07) is 16.8. The molecule has 0 aliphatic heterocycles. The molecule has 0 atom stereocenters. The van der Waals surface area contributed by atoms with Gasteiger partial charge in [0.15, 0.2) is 6.61 Å². The van der Waals surface area contributed by atoms with Crippen molar-refractivity contribution in [3.05, 3.63) is 65.8 Å². The molecular weight excluding hydrogens is 372 g/mol. The Morgan fingerprint density at radius 2 is 1.92 bits per heavy atom. The number of carbonyl (C=O) groups is 1. The lowest BCUT2D eigenvalue weighted by Gasteiger charge is -2.06. The molecule has 0 aliphatic carbocycles. The molecule has 0 bridgehead atoms. The normalized spacial score (nSPS) is 10.8. The molecule has 0 saturated carbocycles. The number of hydrogen-bond donors (Lipinski definition) is 1. The van der Waals surface area contributed by atoms with E-state index in [2.05, 4.69) is 15.4 Å². The minimum atomic E-state index is -0.315. The van der Waals surface area contributed by atoms with Gasteiger partial charge in [-0.25, -0.2) is 9.50 Å². The number of imidazole rings is 1. The molecule has 26 heavy (non-hydrogen) atoms. The van der Waals surface area contributed by atoms with Crippen LogP contribution in [0.4, 0.5) is 5.13 Å². The van der Waals surface area contributed by atoms with Crippen LogP contribution in [0.15, 0.2) is 60.8 Å². The zero-order valence-corrected chi connectivity index (χ0v) is 15.0. The number of anilines is 1. The second-order valence-electron chi connectivity index (χ2n) is 5.39. The third-order valence-electron chi connectivity index (χ3n) is 3.55. The molecule has 0 aliphatic rings. The van der Waals surface area contributed by atoms with Gasteiger partial charge in [0.1, 0.15) is 5.75 Å². The second-order valence-corrected chi connectivity index (χ2v) is 6.76. The molecule has 130 valence electrons. The molecular formula is C18H13ClN4O2S. The predicted molar refractivity (Wildman–Crippen MR) is 102 cm³/mol. The molecule has 0 fully saturated rings. The van der Waals surface area contributed by atoms with Crippen LogP contribution in [-0.2, 0) is 4.79 Å². The molecule has 0 saturated heterocycles. The highest BCUT2D eigenvalue weighted by Crippen LogP contribution is 2.25. The summed E-state index contributed by atoms with van der Waals surface area (Å²) in [6.45, 7) is -0.152. The van der Waals surface area contributed by atoms with Crippen LogP contribution in [-0.4, -0.2) is 27.1 Å². The maximum atomic E-state index is 12.0. The summed E-state index contributed by atoms with van der Waals surface area (Å²) in [4.78, 5) is 17.3. The van der Waals surface area contributed by atoms with Crippen molar-refractivity contribution in [2.75, 3.05) is 11.9 Å². The summed E-state index contributed by atoms with van der Waals surface area (Å²) in [6.07, 6.45) is 1.83. The predicted octanol–water partition coefficient (Wildman–Crippen LogP) is 4.13. The number of ether oxygens (including phenoxy) is 1. The zero-order chi connectivity index (χ0) is 17.9. The topological polar surface area (TPSA) is 68.5 Å². The SMILES string of the molecule is O=C(COc1ccccc1Cl)Nc1nn2cc(-c3ccccc3)nc2s1. The summed E-state index contributed by atoms with van der Waals surface area (Å²) in [7, 11) is 0. The van der Waals surface area contributed by atoms with Gasteiger partial charge in [-0.2, -0.15) is 0 Å². The van der Waals surface area contributed by atoms with Crippen LogP contribution in [0.3, 0.4) is 0 Å². The maximum absolute atomic E-state index is 12.0. The van der Waals surface area contributed by atoms with Crippen molar-refractivity contribution in [1.82, 2.24) is 14.6 Å². The van der Waals surface area contributed by atoms with Crippen molar-refractivity contribution < 1.29 is 9.53 Å². The van der Waals surface area contributed by atoms with E-state index in [0.29, 0.717) is 20.9 Å². The highest BCUT2D eigenvalue weighted by molar-refractivity contribution is 7.20. The number of halogens is 1. The Hall–Kier alpha value is -2.90. The van der Waals surface area contributed by atoms with Gasteiger partial charge in [0, 0.05) is 5.56 Å². The Balaban J connectivity index is 1.42. The first-order valence-corrected chi connectivity index (χ1v) is 8.97. The van der Waals surface area contributed by atoms with Gasteiger partial charge in [-0.3, -0.25) is 10.1 Å². The molecule has 0 unspecified atom stereocenters.